The average Bonchev–Trinajstić information content (AvgIpc) is 3.02. The van der Waals surface area contributed by atoms with Crippen molar-refractivity contribution in [3.63, 3.8) is 0 Å². The first-order valence-electron chi connectivity index (χ1n) is 9.13. The fourth-order valence-corrected chi connectivity index (χ4v) is 3.92. The van der Waals surface area contributed by atoms with Crippen LogP contribution in [0.4, 0.5) is 0 Å². The van der Waals surface area contributed by atoms with Crippen molar-refractivity contribution in [1.82, 2.24) is 5.32 Å². The van der Waals surface area contributed by atoms with Crippen LogP contribution in [0.5, 0.6) is 0 Å². The molecular weight excluding hydrogens is 322 g/mol. The molecule has 0 aliphatic heterocycles. The third-order valence-electron chi connectivity index (χ3n) is 4.39. The Balaban J connectivity index is 2.38. The van der Waals surface area contributed by atoms with E-state index in [0.29, 0.717) is 6.42 Å². The molecule has 0 saturated heterocycles. The third kappa shape index (κ3) is 7.77. The molecule has 0 atom stereocenters. The van der Waals surface area contributed by atoms with Crippen LogP contribution in [-0.4, -0.2) is 34.9 Å². The number of rotatable bonds is 13. The highest BCUT2D eigenvalue weighted by Crippen LogP contribution is 2.23. The minimum absolute atomic E-state index is 0.229. The van der Waals surface area contributed by atoms with Crippen LogP contribution in [0.2, 0.25) is 0 Å². The van der Waals surface area contributed by atoms with Crippen molar-refractivity contribution < 1.29 is 15.0 Å². The summed E-state index contributed by atoms with van der Waals surface area (Å²) in [5.41, 5.74) is -0.921. The number of carbonyl (C=O) groups excluding carboxylic acids is 1. The lowest BCUT2D eigenvalue weighted by molar-refractivity contribution is -0.122. The van der Waals surface area contributed by atoms with Gasteiger partial charge in [-0.15, -0.1) is 11.3 Å². The van der Waals surface area contributed by atoms with Gasteiger partial charge in [0.05, 0.1) is 18.8 Å². The van der Waals surface area contributed by atoms with Gasteiger partial charge in [-0.2, -0.15) is 0 Å². The van der Waals surface area contributed by atoms with Gasteiger partial charge in [0.1, 0.15) is 0 Å². The first kappa shape index (κ1) is 21.1. The molecule has 1 aromatic rings. The number of nitrogens with one attached hydrogen (secondary N) is 1. The summed E-state index contributed by atoms with van der Waals surface area (Å²) >= 11 is 1.81. The van der Waals surface area contributed by atoms with E-state index in [4.69, 9.17) is 0 Å². The highest BCUT2D eigenvalue weighted by Gasteiger charge is 2.29. The van der Waals surface area contributed by atoms with Crippen LogP contribution in [0.1, 0.15) is 68.5 Å². The molecule has 0 radical (unpaired) electrons. The highest BCUT2D eigenvalue weighted by molar-refractivity contribution is 7.11. The van der Waals surface area contributed by atoms with Gasteiger partial charge in [-0.05, 0) is 37.8 Å². The second-order valence-electron chi connectivity index (χ2n) is 6.66. The van der Waals surface area contributed by atoms with Gasteiger partial charge in [-0.3, -0.25) is 4.79 Å². The molecule has 3 N–H and O–H groups in total. The van der Waals surface area contributed by atoms with Gasteiger partial charge in [0.2, 0.25) is 5.91 Å². The van der Waals surface area contributed by atoms with E-state index in [1.165, 1.54) is 55.2 Å². The topological polar surface area (TPSA) is 69.6 Å². The van der Waals surface area contributed by atoms with E-state index in [2.05, 4.69) is 24.4 Å². The summed E-state index contributed by atoms with van der Waals surface area (Å²) in [7, 11) is 0. The fraction of sp³-hybridized carbons (Fsp3) is 0.737. The molecule has 1 rings (SSSR count). The lowest BCUT2D eigenvalue weighted by Gasteiger charge is -2.30. The number of carbonyl (C=O) groups is 1. The molecule has 0 aromatic carbocycles. The lowest BCUT2D eigenvalue weighted by Crippen LogP contribution is -2.53. The van der Waals surface area contributed by atoms with Crippen molar-refractivity contribution in [3.05, 3.63) is 21.9 Å². The summed E-state index contributed by atoms with van der Waals surface area (Å²) < 4.78 is 0. The van der Waals surface area contributed by atoms with Gasteiger partial charge >= 0.3 is 0 Å². The number of unbranched alkanes of at least 4 members (excludes halogenated alkanes) is 5. The third-order valence-corrected chi connectivity index (χ3v) is 5.60. The number of hydrogen-bond donors (Lipinski definition) is 3. The highest BCUT2D eigenvalue weighted by atomic mass is 32.1. The zero-order valence-corrected chi connectivity index (χ0v) is 16.0. The number of thiophene rings is 1. The van der Waals surface area contributed by atoms with Crippen molar-refractivity contribution in [2.24, 2.45) is 0 Å². The van der Waals surface area contributed by atoms with E-state index in [0.717, 1.165) is 12.8 Å². The Morgan fingerprint density at radius 1 is 1.04 bits per heavy atom. The van der Waals surface area contributed by atoms with E-state index in [9.17, 15) is 15.0 Å². The first-order valence-corrected chi connectivity index (χ1v) is 9.95. The molecule has 0 bridgehead atoms. The summed E-state index contributed by atoms with van der Waals surface area (Å²) in [6, 6.07) is 4.31. The molecule has 0 aliphatic rings. The Morgan fingerprint density at radius 2 is 1.62 bits per heavy atom. The average molecular weight is 356 g/mol. The molecule has 24 heavy (non-hydrogen) atoms. The van der Waals surface area contributed by atoms with Gasteiger partial charge in [-0.25, -0.2) is 0 Å². The van der Waals surface area contributed by atoms with Crippen LogP contribution in [0, 0.1) is 0 Å². The maximum Gasteiger partial charge on any atom is 0.217 e. The van der Waals surface area contributed by atoms with Crippen LogP contribution >= 0.6 is 11.3 Å². The monoisotopic (exact) mass is 355 g/mol. The predicted octanol–water partition coefficient (Wildman–Crippen LogP) is 3.44. The smallest absolute Gasteiger partial charge is 0.217 e. The van der Waals surface area contributed by atoms with Crippen molar-refractivity contribution in [2.75, 3.05) is 13.2 Å². The Kier molecular flexibility index (Phi) is 10.2. The second-order valence-corrected chi connectivity index (χ2v) is 7.92. The number of aliphatic hydroxyl groups excluding tert-OH is 2. The second kappa shape index (κ2) is 11.6. The van der Waals surface area contributed by atoms with E-state index < -0.39 is 5.54 Å². The normalized spacial score (nSPS) is 11.7. The standard InChI is InChI=1S/C19H33NO3S/c1-3-4-5-6-7-8-9-17-10-11-18(24-17)12-13-19(14-21,15-22)20-16(2)23/h10-11,21-22H,3-9,12-15H2,1-2H3,(H,20,23). The molecule has 1 amide bonds. The summed E-state index contributed by atoms with van der Waals surface area (Å²) in [5.74, 6) is -0.229. The molecule has 0 unspecified atom stereocenters. The quantitative estimate of drug-likeness (QED) is 0.475. The Hall–Kier alpha value is -0.910. The van der Waals surface area contributed by atoms with Gasteiger partial charge in [0.15, 0.2) is 0 Å². The first-order chi connectivity index (χ1) is 11.5. The number of aliphatic hydroxyl groups is 2. The van der Waals surface area contributed by atoms with Crippen LogP contribution < -0.4 is 5.32 Å². The van der Waals surface area contributed by atoms with E-state index in [1.54, 1.807) is 11.3 Å². The van der Waals surface area contributed by atoms with Crippen LogP contribution in [0.15, 0.2) is 12.1 Å². The molecule has 4 nitrogen and oxygen atoms in total. The predicted molar refractivity (Wildman–Crippen MR) is 100 cm³/mol. The van der Waals surface area contributed by atoms with Crippen molar-refractivity contribution in [3.8, 4) is 0 Å². The molecule has 1 aromatic heterocycles. The van der Waals surface area contributed by atoms with Crippen molar-refractivity contribution in [2.45, 2.75) is 77.2 Å². The Morgan fingerprint density at radius 3 is 2.21 bits per heavy atom. The largest absolute Gasteiger partial charge is 0.394 e. The molecule has 5 heteroatoms. The Bertz CT molecular complexity index is 469. The molecular formula is C19H33NO3S. The van der Waals surface area contributed by atoms with Gasteiger partial charge in [0, 0.05) is 16.7 Å². The summed E-state index contributed by atoms with van der Waals surface area (Å²) in [4.78, 5) is 13.9. The number of aryl methyl sites for hydroxylation is 2. The van der Waals surface area contributed by atoms with Crippen molar-refractivity contribution in [1.29, 1.82) is 0 Å². The van der Waals surface area contributed by atoms with Gasteiger partial charge < -0.3 is 15.5 Å². The SMILES string of the molecule is CCCCCCCCc1ccc(CCC(CO)(CO)NC(C)=O)s1. The van der Waals surface area contributed by atoms with Gasteiger partial charge in [-0.1, -0.05) is 39.0 Å². The summed E-state index contributed by atoms with van der Waals surface area (Å²) in [5, 5.41) is 21.8. The number of amides is 1. The lowest BCUT2D eigenvalue weighted by atomic mass is 9.94. The van der Waals surface area contributed by atoms with E-state index >= 15 is 0 Å². The van der Waals surface area contributed by atoms with Crippen molar-refractivity contribution >= 4 is 17.2 Å². The summed E-state index contributed by atoms with van der Waals surface area (Å²) in [6.45, 7) is 3.14. The molecule has 0 fully saturated rings. The van der Waals surface area contributed by atoms with E-state index in [-0.39, 0.29) is 19.1 Å². The van der Waals surface area contributed by atoms with Crippen LogP contribution in [0.25, 0.3) is 0 Å². The molecule has 138 valence electrons. The number of hydrogen-bond acceptors (Lipinski definition) is 4. The van der Waals surface area contributed by atoms with Crippen LogP contribution in [-0.2, 0) is 17.6 Å². The Labute approximate surface area is 150 Å². The minimum atomic E-state index is -0.921. The van der Waals surface area contributed by atoms with Gasteiger partial charge in [0.25, 0.3) is 0 Å². The minimum Gasteiger partial charge on any atom is -0.394 e. The molecule has 0 spiro atoms. The molecule has 1 heterocycles. The maximum absolute atomic E-state index is 11.3. The van der Waals surface area contributed by atoms with E-state index in [1.807, 2.05) is 0 Å². The molecule has 0 saturated carbocycles. The summed E-state index contributed by atoms with van der Waals surface area (Å²) in [6.07, 6.45) is 10.3. The van der Waals surface area contributed by atoms with Crippen LogP contribution in [0.3, 0.4) is 0 Å². The maximum atomic E-state index is 11.3. The molecule has 0 aliphatic carbocycles. The fourth-order valence-electron chi connectivity index (χ4n) is 2.86. The zero-order chi connectivity index (χ0) is 17.8. The zero-order valence-electron chi connectivity index (χ0n) is 15.1.